The summed E-state index contributed by atoms with van der Waals surface area (Å²) >= 11 is 0. The maximum absolute atomic E-state index is 13.7. The standard InChI is InChI=1S/C23H23N3O7.C3H7NO2/c1-12(2)14-9-10-16(18(11-14)33-22(30)25(4)5)23(24-13(3)27)20(28)15-7-6-8-17(26(31)32)19(15)21(23)29;1-4(2)3(5)6/h6-12H,1-5H3,(H,24,27);1-2H3,(H,5,6). The Balaban J connectivity index is 0.000000798. The maximum Gasteiger partial charge on any atom is 0.414 e. The Morgan fingerprint density at radius 3 is 2.08 bits per heavy atom. The zero-order valence-corrected chi connectivity index (χ0v) is 22.6. The van der Waals surface area contributed by atoms with Gasteiger partial charge in [-0.25, -0.2) is 9.59 Å². The van der Waals surface area contributed by atoms with E-state index >= 15 is 0 Å². The van der Waals surface area contributed by atoms with Gasteiger partial charge in [-0.1, -0.05) is 38.1 Å². The summed E-state index contributed by atoms with van der Waals surface area (Å²) in [6, 6.07) is 8.29. The predicted octanol–water partition coefficient (Wildman–Crippen LogP) is 3.42. The number of carbonyl (C=O) groups excluding carboxylic acids is 4. The van der Waals surface area contributed by atoms with E-state index in [9.17, 15) is 34.1 Å². The molecular weight excluding hydrogens is 512 g/mol. The number of ketones is 2. The van der Waals surface area contributed by atoms with E-state index in [4.69, 9.17) is 9.84 Å². The van der Waals surface area contributed by atoms with Crippen LogP contribution < -0.4 is 10.1 Å². The lowest BCUT2D eigenvalue weighted by atomic mass is 9.82. The Morgan fingerprint density at radius 1 is 1.03 bits per heavy atom. The highest BCUT2D eigenvalue weighted by Gasteiger charge is 2.58. The van der Waals surface area contributed by atoms with Gasteiger partial charge in [0.15, 0.2) is 5.54 Å². The molecule has 208 valence electrons. The second-order valence-corrected chi connectivity index (χ2v) is 9.40. The first-order valence-electron chi connectivity index (χ1n) is 11.7. The number of nitro groups is 1. The first-order chi connectivity index (χ1) is 18.1. The molecule has 39 heavy (non-hydrogen) atoms. The van der Waals surface area contributed by atoms with Crippen molar-refractivity contribution < 1.29 is 38.7 Å². The fraction of sp³-hybridized carbons (Fsp3) is 0.346. The van der Waals surface area contributed by atoms with E-state index in [0.29, 0.717) is 0 Å². The van der Waals surface area contributed by atoms with E-state index < -0.39 is 51.4 Å². The fourth-order valence-corrected chi connectivity index (χ4v) is 3.78. The quantitative estimate of drug-likeness (QED) is 0.325. The van der Waals surface area contributed by atoms with Crippen molar-refractivity contribution in [2.45, 2.75) is 32.2 Å². The molecule has 0 fully saturated rings. The van der Waals surface area contributed by atoms with Crippen molar-refractivity contribution in [3.63, 3.8) is 0 Å². The normalized spacial score (nSPS) is 15.6. The van der Waals surface area contributed by atoms with Crippen LogP contribution >= 0.6 is 0 Å². The number of hydrogen-bond acceptors (Lipinski definition) is 8. The molecule has 0 aliphatic heterocycles. The van der Waals surface area contributed by atoms with Crippen LogP contribution in [0.4, 0.5) is 15.3 Å². The molecule has 0 saturated heterocycles. The van der Waals surface area contributed by atoms with Crippen LogP contribution in [0.2, 0.25) is 0 Å². The molecule has 13 nitrogen and oxygen atoms in total. The molecule has 1 aliphatic carbocycles. The molecule has 13 heteroatoms. The number of nitrogens with zero attached hydrogens (tertiary/aromatic N) is 3. The van der Waals surface area contributed by atoms with Crippen LogP contribution in [0.15, 0.2) is 36.4 Å². The molecule has 0 saturated carbocycles. The largest absolute Gasteiger partial charge is 0.465 e. The van der Waals surface area contributed by atoms with Gasteiger partial charge in [-0.2, -0.15) is 0 Å². The van der Waals surface area contributed by atoms with Gasteiger partial charge >= 0.3 is 12.2 Å². The minimum absolute atomic E-state index is 0.0147. The highest BCUT2D eigenvalue weighted by atomic mass is 16.6. The Kier molecular flexibility index (Phi) is 9.13. The Labute approximate surface area is 224 Å². The smallest absolute Gasteiger partial charge is 0.414 e. The number of amides is 3. The predicted molar refractivity (Wildman–Crippen MR) is 139 cm³/mol. The summed E-state index contributed by atoms with van der Waals surface area (Å²) in [4.78, 5) is 74.5. The second-order valence-electron chi connectivity index (χ2n) is 9.40. The molecule has 2 aromatic carbocycles. The van der Waals surface area contributed by atoms with Gasteiger partial charge in [0.2, 0.25) is 17.5 Å². The molecule has 0 spiro atoms. The minimum atomic E-state index is -2.32. The molecule has 3 amide bonds. The van der Waals surface area contributed by atoms with Crippen molar-refractivity contribution >= 4 is 35.3 Å². The molecule has 1 aliphatic rings. The van der Waals surface area contributed by atoms with Gasteiger partial charge in [0, 0.05) is 52.3 Å². The minimum Gasteiger partial charge on any atom is -0.465 e. The number of fused-ring (bicyclic) bond motifs is 1. The van der Waals surface area contributed by atoms with Crippen molar-refractivity contribution in [2.24, 2.45) is 0 Å². The second kappa shape index (κ2) is 11.7. The number of carbonyl (C=O) groups is 5. The number of carboxylic acid groups (broad SMARTS) is 1. The Morgan fingerprint density at radius 2 is 1.62 bits per heavy atom. The Bertz CT molecular complexity index is 1350. The molecule has 0 bridgehead atoms. The summed E-state index contributed by atoms with van der Waals surface area (Å²) in [6.45, 7) is 4.93. The third kappa shape index (κ3) is 6.03. The summed E-state index contributed by atoms with van der Waals surface area (Å²) in [5, 5.41) is 21.9. The average molecular weight is 543 g/mol. The van der Waals surface area contributed by atoms with Gasteiger partial charge < -0.3 is 25.0 Å². The first kappa shape index (κ1) is 30.4. The van der Waals surface area contributed by atoms with Crippen LogP contribution in [-0.4, -0.2) is 77.7 Å². The van der Waals surface area contributed by atoms with Gasteiger partial charge in [0.05, 0.1) is 4.92 Å². The van der Waals surface area contributed by atoms with Crippen LogP contribution in [0.5, 0.6) is 5.75 Å². The van der Waals surface area contributed by atoms with Gasteiger partial charge in [-0.3, -0.25) is 24.5 Å². The zero-order chi connectivity index (χ0) is 29.8. The van der Waals surface area contributed by atoms with Gasteiger partial charge in [-0.15, -0.1) is 0 Å². The average Bonchev–Trinajstić information content (AvgIpc) is 3.06. The van der Waals surface area contributed by atoms with E-state index in [1.54, 1.807) is 6.07 Å². The number of nitro benzene ring substituents is 1. The molecule has 1 atom stereocenters. The highest BCUT2D eigenvalue weighted by molar-refractivity contribution is 6.35. The maximum atomic E-state index is 13.7. The number of Topliss-reactive ketones (excluding diaryl/α,β-unsaturated/α-hetero) is 2. The lowest BCUT2D eigenvalue weighted by Crippen LogP contribution is -2.53. The van der Waals surface area contributed by atoms with E-state index in [2.05, 4.69) is 5.32 Å². The number of nitrogens with one attached hydrogen (secondary N) is 1. The van der Waals surface area contributed by atoms with E-state index in [0.717, 1.165) is 28.4 Å². The molecule has 0 radical (unpaired) electrons. The third-order valence-electron chi connectivity index (χ3n) is 5.78. The fourth-order valence-electron chi connectivity index (χ4n) is 3.78. The van der Waals surface area contributed by atoms with E-state index in [1.165, 1.54) is 52.5 Å². The Hall–Kier alpha value is -4.81. The number of ether oxygens (including phenoxy) is 1. The summed E-state index contributed by atoms with van der Waals surface area (Å²) in [5.74, 6) is -2.62. The number of benzene rings is 2. The number of hydrogen-bond donors (Lipinski definition) is 2. The summed E-state index contributed by atoms with van der Waals surface area (Å²) < 4.78 is 5.49. The molecule has 1 unspecified atom stereocenters. The van der Waals surface area contributed by atoms with Crippen molar-refractivity contribution in [1.82, 2.24) is 15.1 Å². The van der Waals surface area contributed by atoms with Gasteiger partial charge in [0.25, 0.3) is 5.69 Å². The zero-order valence-electron chi connectivity index (χ0n) is 22.6. The SMILES string of the molecule is CC(=O)NC1(c2ccc(C(C)C)cc2OC(=O)N(C)C)C(=O)c2cccc([N+](=O)[O-])c2C1=O.CN(C)C(=O)O. The molecule has 0 heterocycles. The van der Waals surface area contributed by atoms with Crippen molar-refractivity contribution in [2.75, 3.05) is 28.2 Å². The molecule has 2 aromatic rings. The van der Waals surface area contributed by atoms with Crippen LogP contribution in [0.25, 0.3) is 0 Å². The van der Waals surface area contributed by atoms with Crippen LogP contribution in [0.3, 0.4) is 0 Å². The van der Waals surface area contributed by atoms with E-state index in [1.807, 2.05) is 13.8 Å². The summed E-state index contributed by atoms with van der Waals surface area (Å²) in [7, 11) is 5.87. The van der Waals surface area contributed by atoms with Gasteiger partial charge in [0.1, 0.15) is 11.3 Å². The van der Waals surface area contributed by atoms with Crippen molar-refractivity contribution in [3.05, 3.63) is 68.8 Å². The van der Waals surface area contributed by atoms with Crippen LogP contribution in [0, 0.1) is 10.1 Å². The van der Waals surface area contributed by atoms with Gasteiger partial charge in [-0.05, 0) is 17.5 Å². The van der Waals surface area contributed by atoms with Crippen LogP contribution in [0.1, 0.15) is 58.5 Å². The van der Waals surface area contributed by atoms with E-state index in [-0.39, 0.29) is 22.8 Å². The number of rotatable bonds is 5. The molecule has 2 N–H and O–H groups in total. The van der Waals surface area contributed by atoms with Crippen LogP contribution in [-0.2, 0) is 10.3 Å². The lowest BCUT2D eigenvalue weighted by molar-refractivity contribution is -0.385. The monoisotopic (exact) mass is 542 g/mol. The lowest BCUT2D eigenvalue weighted by Gasteiger charge is -2.29. The first-order valence-corrected chi connectivity index (χ1v) is 11.7. The van der Waals surface area contributed by atoms with Crippen molar-refractivity contribution in [1.29, 1.82) is 0 Å². The molecule has 3 rings (SSSR count). The molecule has 0 aromatic heterocycles. The highest BCUT2D eigenvalue weighted by Crippen LogP contribution is 2.45. The molecular formula is C26H30N4O9. The topological polar surface area (TPSA) is 176 Å². The summed E-state index contributed by atoms with van der Waals surface area (Å²) in [6.07, 6.45) is -1.67. The van der Waals surface area contributed by atoms with Crippen molar-refractivity contribution in [3.8, 4) is 5.75 Å². The summed E-state index contributed by atoms with van der Waals surface area (Å²) in [5.41, 5.74) is -2.81. The third-order valence-corrected chi connectivity index (χ3v) is 5.78.